The first-order valence-electron chi connectivity index (χ1n) is 6.13. The lowest BCUT2D eigenvalue weighted by Gasteiger charge is -2.02. The van der Waals surface area contributed by atoms with E-state index in [9.17, 15) is 4.79 Å². The molecule has 19 heavy (non-hydrogen) atoms. The van der Waals surface area contributed by atoms with Crippen LogP contribution in [0.4, 0.5) is 5.82 Å². The number of nitrogens with two attached hydrogens (primary N) is 1. The van der Waals surface area contributed by atoms with Gasteiger partial charge >= 0.3 is 5.97 Å². The van der Waals surface area contributed by atoms with Crippen LogP contribution in [0.1, 0.15) is 30.1 Å². The summed E-state index contributed by atoms with van der Waals surface area (Å²) in [6, 6.07) is 1.52. The van der Waals surface area contributed by atoms with E-state index >= 15 is 0 Å². The highest BCUT2D eigenvalue weighted by molar-refractivity contribution is 5.94. The van der Waals surface area contributed by atoms with E-state index in [-0.39, 0.29) is 11.4 Å². The predicted molar refractivity (Wildman–Crippen MR) is 71.7 cm³/mol. The Bertz CT molecular complexity index is 592. The highest BCUT2D eigenvalue weighted by Gasteiger charge is 2.11. The fourth-order valence-electron chi connectivity index (χ4n) is 1.76. The van der Waals surface area contributed by atoms with Crippen LogP contribution >= 0.6 is 0 Å². The van der Waals surface area contributed by atoms with Crippen LogP contribution in [-0.4, -0.2) is 25.8 Å². The number of nitrogen functional groups attached to an aromatic ring is 1. The van der Waals surface area contributed by atoms with Crippen molar-refractivity contribution in [2.24, 2.45) is 0 Å². The summed E-state index contributed by atoms with van der Waals surface area (Å²) in [6.45, 7) is 2.97. The molecular weight excluding hydrogens is 244 g/mol. The summed E-state index contributed by atoms with van der Waals surface area (Å²) < 4.78 is 1.84. The third-order valence-corrected chi connectivity index (χ3v) is 2.86. The first-order valence-corrected chi connectivity index (χ1v) is 6.13. The zero-order valence-electron chi connectivity index (χ0n) is 10.7. The molecule has 0 spiro atoms. The number of nitrogens with zero attached hydrogens (tertiary/aromatic N) is 3. The minimum atomic E-state index is -1.08. The van der Waals surface area contributed by atoms with Crippen molar-refractivity contribution in [2.45, 2.75) is 26.3 Å². The number of anilines is 1. The molecule has 6 heteroatoms. The molecule has 0 aliphatic carbocycles. The van der Waals surface area contributed by atoms with Crippen molar-refractivity contribution in [3.63, 3.8) is 0 Å². The number of unbranched alkanes of at least 4 members (excludes halogenated alkanes) is 1. The summed E-state index contributed by atoms with van der Waals surface area (Å²) in [5.74, 6) is -1.06. The number of aromatic nitrogens is 3. The Morgan fingerprint density at radius 2 is 2.21 bits per heavy atom. The number of carboxylic acid groups (broad SMARTS) is 1. The van der Waals surface area contributed by atoms with Crippen LogP contribution in [0.15, 0.2) is 24.7 Å². The number of aryl methyl sites for hydroxylation is 1. The van der Waals surface area contributed by atoms with Crippen LogP contribution in [0.3, 0.4) is 0 Å². The highest BCUT2D eigenvalue weighted by atomic mass is 16.4. The van der Waals surface area contributed by atoms with E-state index in [1.165, 1.54) is 6.07 Å². The molecule has 6 nitrogen and oxygen atoms in total. The molecule has 0 aliphatic heterocycles. The standard InChI is InChI=1S/C13H16N4O2/c1-2-3-4-17-8-10(7-16-17)9-5-11(13(18)19)12(14)15-6-9/h5-8H,2-4H2,1H3,(H2,14,15)(H,18,19). The summed E-state index contributed by atoms with van der Waals surface area (Å²) in [4.78, 5) is 14.9. The summed E-state index contributed by atoms with van der Waals surface area (Å²) in [7, 11) is 0. The third-order valence-electron chi connectivity index (χ3n) is 2.86. The van der Waals surface area contributed by atoms with Gasteiger partial charge in [-0.05, 0) is 12.5 Å². The second-order valence-corrected chi connectivity index (χ2v) is 4.31. The summed E-state index contributed by atoms with van der Waals surface area (Å²) in [6.07, 6.45) is 7.30. The van der Waals surface area contributed by atoms with E-state index in [0.29, 0.717) is 5.56 Å². The number of carboxylic acids is 1. The Hall–Kier alpha value is -2.37. The van der Waals surface area contributed by atoms with Crippen molar-refractivity contribution >= 4 is 11.8 Å². The lowest BCUT2D eigenvalue weighted by atomic mass is 10.1. The smallest absolute Gasteiger partial charge is 0.339 e. The van der Waals surface area contributed by atoms with Gasteiger partial charge in [0.2, 0.25) is 0 Å². The molecule has 0 fully saturated rings. The Morgan fingerprint density at radius 1 is 1.42 bits per heavy atom. The van der Waals surface area contributed by atoms with Crippen LogP contribution in [0, 0.1) is 0 Å². The summed E-state index contributed by atoms with van der Waals surface area (Å²) >= 11 is 0. The quantitative estimate of drug-likeness (QED) is 0.857. The van der Waals surface area contributed by atoms with Crippen LogP contribution in [0.2, 0.25) is 0 Å². The van der Waals surface area contributed by atoms with E-state index in [4.69, 9.17) is 10.8 Å². The molecule has 2 aromatic rings. The summed E-state index contributed by atoms with van der Waals surface area (Å²) in [5.41, 5.74) is 7.08. The van der Waals surface area contributed by atoms with E-state index in [1.54, 1.807) is 12.4 Å². The molecule has 2 rings (SSSR count). The van der Waals surface area contributed by atoms with Crippen LogP contribution in [0.5, 0.6) is 0 Å². The van der Waals surface area contributed by atoms with Gasteiger partial charge in [0.15, 0.2) is 0 Å². The Morgan fingerprint density at radius 3 is 2.89 bits per heavy atom. The molecule has 0 amide bonds. The number of hydrogen-bond donors (Lipinski definition) is 2. The number of hydrogen-bond acceptors (Lipinski definition) is 4. The average molecular weight is 260 g/mol. The molecule has 0 bridgehead atoms. The first-order chi connectivity index (χ1) is 9.11. The third kappa shape index (κ3) is 2.90. The second-order valence-electron chi connectivity index (χ2n) is 4.31. The van der Waals surface area contributed by atoms with Crippen molar-refractivity contribution in [1.82, 2.24) is 14.8 Å². The molecule has 100 valence electrons. The van der Waals surface area contributed by atoms with Gasteiger partial charge in [-0.2, -0.15) is 5.10 Å². The lowest BCUT2D eigenvalue weighted by Crippen LogP contribution is -2.04. The highest BCUT2D eigenvalue weighted by Crippen LogP contribution is 2.21. The van der Waals surface area contributed by atoms with Crippen LogP contribution < -0.4 is 5.73 Å². The first kappa shape index (κ1) is 13.1. The van der Waals surface area contributed by atoms with Crippen LogP contribution in [-0.2, 0) is 6.54 Å². The van der Waals surface area contributed by atoms with Gasteiger partial charge in [-0.1, -0.05) is 13.3 Å². The molecule has 0 saturated heterocycles. The van der Waals surface area contributed by atoms with Crippen molar-refractivity contribution in [2.75, 3.05) is 5.73 Å². The maximum Gasteiger partial charge on any atom is 0.339 e. The molecule has 0 unspecified atom stereocenters. The zero-order valence-corrected chi connectivity index (χ0v) is 10.7. The second kappa shape index (κ2) is 5.51. The van der Waals surface area contributed by atoms with Gasteiger partial charge < -0.3 is 10.8 Å². The van der Waals surface area contributed by atoms with E-state index in [1.807, 2.05) is 10.9 Å². The fraction of sp³-hybridized carbons (Fsp3) is 0.308. The van der Waals surface area contributed by atoms with Gasteiger partial charge in [-0.15, -0.1) is 0 Å². The summed E-state index contributed by atoms with van der Waals surface area (Å²) in [5, 5.41) is 13.3. The normalized spacial score (nSPS) is 10.6. The Labute approximate surface area is 110 Å². The minimum absolute atomic E-state index is 0.0128. The van der Waals surface area contributed by atoms with Gasteiger partial charge in [-0.25, -0.2) is 9.78 Å². The van der Waals surface area contributed by atoms with Gasteiger partial charge in [-0.3, -0.25) is 4.68 Å². The van der Waals surface area contributed by atoms with Gasteiger partial charge in [0.05, 0.1) is 6.20 Å². The topological polar surface area (TPSA) is 94.0 Å². The van der Waals surface area contributed by atoms with Gasteiger partial charge in [0.1, 0.15) is 11.4 Å². The molecular formula is C13H16N4O2. The van der Waals surface area contributed by atoms with Gasteiger partial charge in [0.25, 0.3) is 0 Å². The SMILES string of the molecule is CCCCn1cc(-c2cnc(N)c(C(=O)O)c2)cn1. The maximum atomic E-state index is 11.0. The van der Waals surface area contributed by atoms with E-state index in [0.717, 1.165) is 24.9 Å². The fourth-order valence-corrected chi connectivity index (χ4v) is 1.76. The average Bonchev–Trinajstić information content (AvgIpc) is 2.85. The van der Waals surface area contributed by atoms with Gasteiger partial charge in [0, 0.05) is 30.1 Å². The number of rotatable bonds is 5. The van der Waals surface area contributed by atoms with Crippen molar-refractivity contribution < 1.29 is 9.90 Å². The molecule has 0 saturated carbocycles. The Balaban J connectivity index is 2.29. The predicted octanol–water partition coefficient (Wildman–Crippen LogP) is 2.03. The monoisotopic (exact) mass is 260 g/mol. The molecule has 0 aromatic carbocycles. The zero-order chi connectivity index (χ0) is 13.8. The van der Waals surface area contributed by atoms with E-state index in [2.05, 4.69) is 17.0 Å². The number of aromatic carboxylic acids is 1. The molecule has 0 aliphatic rings. The molecule has 0 radical (unpaired) electrons. The largest absolute Gasteiger partial charge is 0.478 e. The van der Waals surface area contributed by atoms with Crippen molar-refractivity contribution in [1.29, 1.82) is 0 Å². The number of carbonyl (C=O) groups is 1. The maximum absolute atomic E-state index is 11.0. The number of pyridine rings is 1. The van der Waals surface area contributed by atoms with Crippen molar-refractivity contribution in [3.05, 3.63) is 30.2 Å². The molecule has 2 aromatic heterocycles. The van der Waals surface area contributed by atoms with Crippen molar-refractivity contribution in [3.8, 4) is 11.1 Å². The molecule has 0 atom stereocenters. The molecule has 2 heterocycles. The minimum Gasteiger partial charge on any atom is -0.478 e. The lowest BCUT2D eigenvalue weighted by molar-refractivity contribution is 0.0697. The molecule has 3 N–H and O–H groups in total. The Kier molecular flexibility index (Phi) is 3.79. The van der Waals surface area contributed by atoms with E-state index < -0.39 is 5.97 Å². The van der Waals surface area contributed by atoms with Crippen LogP contribution in [0.25, 0.3) is 11.1 Å².